The second kappa shape index (κ2) is 11.4. The first-order valence-corrected chi connectivity index (χ1v) is 10.2. The van der Waals surface area contributed by atoms with Crippen LogP contribution in [-0.4, -0.2) is 25.5 Å². The van der Waals surface area contributed by atoms with E-state index in [1.807, 2.05) is 24.3 Å². The van der Waals surface area contributed by atoms with Gasteiger partial charge in [-0.05, 0) is 54.1 Å². The lowest BCUT2D eigenvalue weighted by molar-refractivity contribution is -0.118. The molecular formula is C25H20ClN3O4. The van der Waals surface area contributed by atoms with Gasteiger partial charge in [-0.15, -0.1) is 0 Å². The van der Waals surface area contributed by atoms with Gasteiger partial charge >= 0.3 is 0 Å². The molecule has 0 atom stereocenters. The smallest absolute Gasteiger partial charge is 0.266 e. The van der Waals surface area contributed by atoms with E-state index in [2.05, 4.69) is 10.6 Å². The molecule has 0 saturated heterocycles. The number of carbonyl (C=O) groups is 2. The summed E-state index contributed by atoms with van der Waals surface area (Å²) in [5.74, 6) is 0.00542. The molecule has 166 valence electrons. The number of ether oxygens (including phenoxy) is 2. The number of nitrogens with one attached hydrogen (secondary N) is 2. The van der Waals surface area contributed by atoms with Crippen LogP contribution in [-0.2, 0) is 9.59 Å². The first-order chi connectivity index (χ1) is 16.0. The summed E-state index contributed by atoms with van der Waals surface area (Å²) in [6, 6.07) is 22.4. The standard InChI is InChI=1S/C25H20ClN3O4/c1-32-23-12-9-19(26)14-22(23)29-25(31)18(15-27)13-17-7-10-21(11-8-17)33-16-24(30)28-20-5-3-2-4-6-20/h2-14H,16H2,1H3,(H,28,30)(H,29,31)/b18-13+. The molecule has 0 radical (unpaired) electrons. The van der Waals surface area contributed by atoms with Gasteiger partial charge in [-0.3, -0.25) is 9.59 Å². The number of benzene rings is 3. The van der Waals surface area contributed by atoms with Crippen molar-refractivity contribution in [2.75, 3.05) is 24.4 Å². The van der Waals surface area contributed by atoms with E-state index in [1.54, 1.807) is 48.5 Å². The molecule has 0 fully saturated rings. The molecule has 2 amide bonds. The molecule has 3 aromatic carbocycles. The molecule has 3 aromatic rings. The summed E-state index contributed by atoms with van der Waals surface area (Å²) in [4.78, 5) is 24.5. The summed E-state index contributed by atoms with van der Waals surface area (Å²) in [6.45, 7) is -0.155. The van der Waals surface area contributed by atoms with Crippen LogP contribution < -0.4 is 20.1 Å². The minimum absolute atomic E-state index is 0.104. The maximum absolute atomic E-state index is 12.6. The molecule has 0 heterocycles. The predicted octanol–water partition coefficient (Wildman–Crippen LogP) is 4.91. The molecule has 0 unspecified atom stereocenters. The van der Waals surface area contributed by atoms with Gasteiger partial charge in [-0.1, -0.05) is 41.9 Å². The molecule has 8 heteroatoms. The van der Waals surface area contributed by atoms with Gasteiger partial charge in [0.15, 0.2) is 6.61 Å². The summed E-state index contributed by atoms with van der Waals surface area (Å²) in [5.41, 5.74) is 1.55. The third kappa shape index (κ3) is 6.86. The van der Waals surface area contributed by atoms with E-state index in [0.29, 0.717) is 33.5 Å². The molecule has 3 rings (SSSR count). The molecule has 0 aliphatic carbocycles. The summed E-state index contributed by atoms with van der Waals surface area (Å²) in [5, 5.41) is 15.2. The van der Waals surface area contributed by atoms with Crippen molar-refractivity contribution in [2.24, 2.45) is 0 Å². The number of amides is 2. The zero-order chi connectivity index (χ0) is 23.6. The largest absolute Gasteiger partial charge is 0.495 e. The van der Waals surface area contributed by atoms with Gasteiger partial charge in [0.2, 0.25) is 0 Å². The lowest BCUT2D eigenvalue weighted by Gasteiger charge is -2.10. The summed E-state index contributed by atoms with van der Waals surface area (Å²) >= 11 is 5.98. The number of rotatable bonds is 8. The quantitative estimate of drug-likeness (QED) is 0.366. The Hall–Kier alpha value is -4.28. The predicted molar refractivity (Wildman–Crippen MR) is 127 cm³/mol. The highest BCUT2D eigenvalue weighted by Gasteiger charge is 2.13. The number of para-hydroxylation sites is 1. The molecule has 33 heavy (non-hydrogen) atoms. The van der Waals surface area contributed by atoms with Crippen LogP contribution in [0.1, 0.15) is 5.56 Å². The molecule has 0 spiro atoms. The van der Waals surface area contributed by atoms with Crippen molar-refractivity contribution in [3.8, 4) is 17.6 Å². The van der Waals surface area contributed by atoms with E-state index in [-0.39, 0.29) is 18.1 Å². The van der Waals surface area contributed by atoms with Crippen LogP contribution in [0.15, 0.2) is 78.4 Å². The molecule has 0 aromatic heterocycles. The van der Waals surface area contributed by atoms with Gasteiger partial charge < -0.3 is 20.1 Å². The third-order valence-corrected chi connectivity index (χ3v) is 4.63. The topological polar surface area (TPSA) is 100 Å². The summed E-state index contributed by atoms with van der Waals surface area (Å²) in [6.07, 6.45) is 1.44. The average molecular weight is 462 g/mol. The Kier molecular flexibility index (Phi) is 8.06. The van der Waals surface area contributed by atoms with Gasteiger partial charge in [-0.25, -0.2) is 0 Å². The highest BCUT2D eigenvalue weighted by molar-refractivity contribution is 6.31. The van der Waals surface area contributed by atoms with E-state index in [0.717, 1.165) is 0 Å². The Morgan fingerprint density at radius 2 is 1.76 bits per heavy atom. The van der Waals surface area contributed by atoms with Crippen LogP contribution in [0, 0.1) is 11.3 Å². The van der Waals surface area contributed by atoms with Crippen molar-refractivity contribution in [2.45, 2.75) is 0 Å². The Morgan fingerprint density at radius 3 is 2.42 bits per heavy atom. The molecule has 0 aliphatic rings. The number of methoxy groups -OCH3 is 1. The van der Waals surface area contributed by atoms with E-state index in [1.165, 1.54) is 19.3 Å². The Balaban J connectivity index is 1.61. The number of nitriles is 1. The number of anilines is 2. The van der Waals surface area contributed by atoms with Crippen molar-refractivity contribution in [3.05, 3.63) is 89.0 Å². The second-order valence-corrected chi connectivity index (χ2v) is 7.18. The molecule has 0 saturated carbocycles. The Bertz CT molecular complexity index is 1200. The maximum atomic E-state index is 12.6. The zero-order valence-corrected chi connectivity index (χ0v) is 18.4. The number of nitrogens with zero attached hydrogens (tertiary/aromatic N) is 1. The number of hydrogen-bond donors (Lipinski definition) is 2. The summed E-state index contributed by atoms with van der Waals surface area (Å²) in [7, 11) is 1.47. The van der Waals surface area contributed by atoms with Gasteiger partial charge in [0.25, 0.3) is 11.8 Å². The number of hydrogen-bond acceptors (Lipinski definition) is 5. The highest BCUT2D eigenvalue weighted by Crippen LogP contribution is 2.28. The van der Waals surface area contributed by atoms with Crippen LogP contribution >= 0.6 is 11.6 Å². The van der Waals surface area contributed by atoms with E-state index in [4.69, 9.17) is 21.1 Å². The normalized spacial score (nSPS) is 10.6. The van der Waals surface area contributed by atoms with Crippen molar-refractivity contribution in [3.63, 3.8) is 0 Å². The third-order valence-electron chi connectivity index (χ3n) is 4.39. The van der Waals surface area contributed by atoms with Crippen LogP contribution in [0.25, 0.3) is 6.08 Å². The van der Waals surface area contributed by atoms with Gasteiger partial charge in [-0.2, -0.15) is 5.26 Å². The minimum Gasteiger partial charge on any atom is -0.495 e. The van der Waals surface area contributed by atoms with Crippen LogP contribution in [0.2, 0.25) is 5.02 Å². The van der Waals surface area contributed by atoms with E-state index in [9.17, 15) is 14.9 Å². The minimum atomic E-state index is -0.601. The zero-order valence-electron chi connectivity index (χ0n) is 17.7. The van der Waals surface area contributed by atoms with Crippen molar-refractivity contribution in [1.29, 1.82) is 5.26 Å². The van der Waals surface area contributed by atoms with Gasteiger partial charge in [0, 0.05) is 10.7 Å². The van der Waals surface area contributed by atoms with Gasteiger partial charge in [0.1, 0.15) is 23.1 Å². The fourth-order valence-electron chi connectivity index (χ4n) is 2.81. The molecule has 2 N–H and O–H groups in total. The monoisotopic (exact) mass is 461 g/mol. The highest BCUT2D eigenvalue weighted by atomic mass is 35.5. The van der Waals surface area contributed by atoms with E-state index >= 15 is 0 Å². The fourth-order valence-corrected chi connectivity index (χ4v) is 2.98. The second-order valence-electron chi connectivity index (χ2n) is 6.74. The fraction of sp³-hybridized carbons (Fsp3) is 0.0800. The van der Waals surface area contributed by atoms with Crippen molar-refractivity contribution < 1.29 is 19.1 Å². The average Bonchev–Trinajstić information content (AvgIpc) is 2.82. The Labute approximate surface area is 196 Å². The maximum Gasteiger partial charge on any atom is 0.266 e. The molecular weight excluding hydrogens is 442 g/mol. The molecule has 7 nitrogen and oxygen atoms in total. The SMILES string of the molecule is COc1ccc(Cl)cc1NC(=O)/C(C#N)=C/c1ccc(OCC(=O)Nc2ccccc2)cc1. The van der Waals surface area contributed by atoms with Gasteiger partial charge in [0.05, 0.1) is 12.8 Å². The lowest BCUT2D eigenvalue weighted by atomic mass is 10.1. The number of carbonyl (C=O) groups excluding carboxylic acids is 2. The summed E-state index contributed by atoms with van der Waals surface area (Å²) < 4.78 is 10.7. The van der Waals surface area contributed by atoms with Crippen LogP contribution in [0.3, 0.4) is 0 Å². The first kappa shape index (κ1) is 23.4. The van der Waals surface area contributed by atoms with Crippen LogP contribution in [0.4, 0.5) is 11.4 Å². The molecule has 0 aliphatic heterocycles. The molecule has 0 bridgehead atoms. The van der Waals surface area contributed by atoms with E-state index < -0.39 is 5.91 Å². The lowest BCUT2D eigenvalue weighted by Crippen LogP contribution is -2.20. The van der Waals surface area contributed by atoms with Crippen LogP contribution in [0.5, 0.6) is 11.5 Å². The Morgan fingerprint density at radius 1 is 1.03 bits per heavy atom. The first-order valence-electron chi connectivity index (χ1n) is 9.83. The van der Waals surface area contributed by atoms with Crippen molar-refractivity contribution >= 4 is 40.9 Å². The number of halogens is 1. The van der Waals surface area contributed by atoms with Crippen molar-refractivity contribution in [1.82, 2.24) is 0 Å².